The van der Waals surface area contributed by atoms with Crippen LogP contribution >= 0.6 is 11.8 Å². The van der Waals surface area contributed by atoms with Crippen molar-refractivity contribution in [2.24, 2.45) is 11.7 Å². The molecule has 0 aromatic rings. The van der Waals surface area contributed by atoms with E-state index in [1.54, 1.807) is 18.9 Å². The van der Waals surface area contributed by atoms with Crippen LogP contribution in [0.15, 0.2) is 0 Å². The first-order chi connectivity index (χ1) is 7.10. The van der Waals surface area contributed by atoms with Crippen molar-refractivity contribution in [2.45, 2.75) is 19.9 Å². The number of thioether (sulfide) groups is 1. The second kappa shape index (κ2) is 9.00. The average Bonchev–Trinajstić information content (AvgIpc) is 2.17. The minimum Gasteiger partial charge on any atom is -0.383 e. The van der Waals surface area contributed by atoms with Gasteiger partial charge in [0.1, 0.15) is 0 Å². The fraction of sp³-hybridized carbons (Fsp3) is 0.900. The van der Waals surface area contributed by atoms with E-state index >= 15 is 0 Å². The lowest BCUT2D eigenvalue weighted by Gasteiger charge is -2.13. The Kier molecular flexibility index (Phi) is 8.85. The van der Waals surface area contributed by atoms with E-state index in [9.17, 15) is 4.79 Å². The number of methoxy groups -OCH3 is 1. The summed E-state index contributed by atoms with van der Waals surface area (Å²) in [5.74, 6) is 1.97. The zero-order valence-corrected chi connectivity index (χ0v) is 10.6. The third-order valence-corrected chi connectivity index (χ3v) is 3.13. The van der Waals surface area contributed by atoms with Crippen LogP contribution in [0.5, 0.6) is 0 Å². The Labute approximate surface area is 96.3 Å². The first kappa shape index (κ1) is 14.7. The summed E-state index contributed by atoms with van der Waals surface area (Å²) in [4.78, 5) is 11.4. The molecule has 3 N–H and O–H groups in total. The van der Waals surface area contributed by atoms with Gasteiger partial charge in [0.15, 0.2) is 0 Å². The molecule has 0 aromatic carbocycles. The summed E-state index contributed by atoms with van der Waals surface area (Å²) in [7, 11) is 1.63. The molecule has 5 heteroatoms. The van der Waals surface area contributed by atoms with Crippen molar-refractivity contribution in [3.8, 4) is 0 Å². The van der Waals surface area contributed by atoms with Crippen LogP contribution in [0, 0.1) is 5.92 Å². The Morgan fingerprint density at radius 1 is 1.53 bits per heavy atom. The molecule has 0 saturated heterocycles. The molecule has 0 rings (SSSR count). The van der Waals surface area contributed by atoms with Gasteiger partial charge in [-0.25, -0.2) is 0 Å². The lowest BCUT2D eigenvalue weighted by Crippen LogP contribution is -2.36. The highest BCUT2D eigenvalue weighted by atomic mass is 32.2. The summed E-state index contributed by atoms with van der Waals surface area (Å²) in [6.07, 6.45) is 0. The second-order valence-corrected chi connectivity index (χ2v) is 4.81. The lowest BCUT2D eigenvalue weighted by molar-refractivity contribution is -0.119. The monoisotopic (exact) mass is 234 g/mol. The first-order valence-electron chi connectivity index (χ1n) is 5.16. The van der Waals surface area contributed by atoms with Crippen molar-refractivity contribution in [3.63, 3.8) is 0 Å². The zero-order valence-electron chi connectivity index (χ0n) is 9.79. The molecule has 2 unspecified atom stereocenters. The standard InChI is InChI=1S/C10H22N2O2S/c1-8(4-11)6-15-7-10(13)12-9(2)5-14-3/h8-9H,4-7,11H2,1-3H3,(H,12,13). The Bertz CT molecular complexity index is 179. The predicted molar refractivity (Wildman–Crippen MR) is 65.0 cm³/mol. The molecule has 15 heavy (non-hydrogen) atoms. The smallest absolute Gasteiger partial charge is 0.230 e. The molecule has 4 nitrogen and oxygen atoms in total. The zero-order chi connectivity index (χ0) is 11.7. The van der Waals surface area contributed by atoms with Crippen LogP contribution in [0.3, 0.4) is 0 Å². The molecular weight excluding hydrogens is 212 g/mol. The Balaban J connectivity index is 3.48. The molecule has 0 aliphatic heterocycles. The van der Waals surface area contributed by atoms with Crippen molar-refractivity contribution in [2.75, 3.05) is 31.8 Å². The van der Waals surface area contributed by atoms with Gasteiger partial charge in [-0.3, -0.25) is 4.79 Å². The van der Waals surface area contributed by atoms with E-state index in [2.05, 4.69) is 12.2 Å². The number of hydrogen-bond acceptors (Lipinski definition) is 4. The van der Waals surface area contributed by atoms with Crippen molar-refractivity contribution in [1.29, 1.82) is 0 Å². The Morgan fingerprint density at radius 2 is 2.20 bits per heavy atom. The lowest BCUT2D eigenvalue weighted by atomic mass is 10.2. The third kappa shape index (κ3) is 8.72. The molecule has 0 radical (unpaired) electrons. The molecule has 2 atom stereocenters. The normalized spacial score (nSPS) is 14.7. The van der Waals surface area contributed by atoms with Gasteiger partial charge in [-0.15, -0.1) is 0 Å². The van der Waals surface area contributed by atoms with E-state index in [0.29, 0.717) is 24.8 Å². The van der Waals surface area contributed by atoms with E-state index in [4.69, 9.17) is 10.5 Å². The molecule has 0 heterocycles. The van der Waals surface area contributed by atoms with Gasteiger partial charge in [0, 0.05) is 13.2 Å². The van der Waals surface area contributed by atoms with Crippen LogP contribution in [0.4, 0.5) is 0 Å². The highest BCUT2D eigenvalue weighted by molar-refractivity contribution is 7.99. The number of carbonyl (C=O) groups is 1. The fourth-order valence-electron chi connectivity index (χ4n) is 1.03. The van der Waals surface area contributed by atoms with Gasteiger partial charge >= 0.3 is 0 Å². The van der Waals surface area contributed by atoms with Crippen molar-refractivity contribution >= 4 is 17.7 Å². The summed E-state index contributed by atoms with van der Waals surface area (Å²) >= 11 is 1.62. The van der Waals surface area contributed by atoms with E-state index in [1.165, 1.54) is 0 Å². The number of ether oxygens (including phenoxy) is 1. The number of rotatable bonds is 8. The molecule has 0 aliphatic rings. The van der Waals surface area contributed by atoms with Crippen LogP contribution in [0.2, 0.25) is 0 Å². The van der Waals surface area contributed by atoms with Gasteiger partial charge in [0.05, 0.1) is 12.4 Å². The molecular formula is C10H22N2O2S. The molecule has 0 aliphatic carbocycles. The SMILES string of the molecule is COCC(C)NC(=O)CSCC(C)CN. The third-order valence-electron chi connectivity index (χ3n) is 1.86. The maximum atomic E-state index is 11.4. The molecule has 0 bridgehead atoms. The Morgan fingerprint density at radius 3 is 2.73 bits per heavy atom. The fourth-order valence-corrected chi connectivity index (χ4v) is 1.95. The number of carbonyl (C=O) groups excluding carboxylic acids is 1. The summed E-state index contributed by atoms with van der Waals surface area (Å²) in [6, 6.07) is 0.0787. The molecule has 90 valence electrons. The molecule has 0 fully saturated rings. The van der Waals surface area contributed by atoms with Crippen molar-refractivity contribution < 1.29 is 9.53 Å². The largest absolute Gasteiger partial charge is 0.383 e. The minimum atomic E-state index is 0.0637. The number of hydrogen-bond donors (Lipinski definition) is 2. The van der Waals surface area contributed by atoms with Crippen molar-refractivity contribution in [3.05, 3.63) is 0 Å². The summed E-state index contributed by atoms with van der Waals surface area (Å²) < 4.78 is 4.93. The van der Waals surface area contributed by atoms with Crippen LogP contribution in [-0.4, -0.2) is 43.7 Å². The molecule has 0 aromatic heterocycles. The van der Waals surface area contributed by atoms with Crippen LogP contribution < -0.4 is 11.1 Å². The first-order valence-corrected chi connectivity index (χ1v) is 6.31. The average molecular weight is 234 g/mol. The van der Waals surface area contributed by atoms with E-state index < -0.39 is 0 Å². The summed E-state index contributed by atoms with van der Waals surface area (Å²) in [6.45, 7) is 5.23. The van der Waals surface area contributed by atoms with Gasteiger partial charge < -0.3 is 15.8 Å². The van der Waals surface area contributed by atoms with Crippen LogP contribution in [0.25, 0.3) is 0 Å². The van der Waals surface area contributed by atoms with E-state index in [1.807, 2.05) is 6.92 Å². The summed E-state index contributed by atoms with van der Waals surface area (Å²) in [5.41, 5.74) is 5.48. The van der Waals surface area contributed by atoms with Gasteiger partial charge in [-0.05, 0) is 25.1 Å². The predicted octanol–water partition coefficient (Wildman–Crippen LogP) is 0.466. The second-order valence-electron chi connectivity index (χ2n) is 3.78. The van der Waals surface area contributed by atoms with Gasteiger partial charge in [-0.2, -0.15) is 11.8 Å². The van der Waals surface area contributed by atoms with E-state index in [-0.39, 0.29) is 11.9 Å². The maximum absolute atomic E-state index is 11.4. The molecule has 1 amide bonds. The number of amides is 1. The molecule has 0 saturated carbocycles. The van der Waals surface area contributed by atoms with Gasteiger partial charge in [0.25, 0.3) is 0 Å². The van der Waals surface area contributed by atoms with Crippen molar-refractivity contribution in [1.82, 2.24) is 5.32 Å². The minimum absolute atomic E-state index is 0.0637. The Hall–Kier alpha value is -0.260. The van der Waals surface area contributed by atoms with Gasteiger partial charge in [-0.1, -0.05) is 6.92 Å². The highest BCUT2D eigenvalue weighted by Crippen LogP contribution is 2.06. The topological polar surface area (TPSA) is 64.3 Å². The molecule has 0 spiro atoms. The van der Waals surface area contributed by atoms with E-state index in [0.717, 1.165) is 5.75 Å². The van der Waals surface area contributed by atoms with Crippen LogP contribution in [0.1, 0.15) is 13.8 Å². The maximum Gasteiger partial charge on any atom is 0.230 e. The van der Waals surface area contributed by atoms with Crippen LogP contribution in [-0.2, 0) is 9.53 Å². The van der Waals surface area contributed by atoms with Gasteiger partial charge in [0.2, 0.25) is 5.91 Å². The number of nitrogens with one attached hydrogen (secondary N) is 1. The highest BCUT2D eigenvalue weighted by Gasteiger charge is 2.07. The summed E-state index contributed by atoms with van der Waals surface area (Å²) in [5, 5.41) is 2.86. The quantitative estimate of drug-likeness (QED) is 0.640. The number of nitrogens with two attached hydrogens (primary N) is 1.